The third-order valence-electron chi connectivity index (χ3n) is 2.93. The summed E-state index contributed by atoms with van der Waals surface area (Å²) in [7, 11) is 0. The zero-order valence-electron chi connectivity index (χ0n) is 12.6. The first-order chi connectivity index (χ1) is 10.3. The molecule has 0 spiro atoms. The number of phenolic OH excluding ortho intramolecular Hbond substituents is 1. The summed E-state index contributed by atoms with van der Waals surface area (Å²) in [6.45, 7) is 4.36. The van der Waals surface area contributed by atoms with Gasteiger partial charge in [-0.3, -0.25) is 0 Å². The van der Waals surface area contributed by atoms with Crippen molar-refractivity contribution in [2.24, 2.45) is 4.99 Å². The molecule has 1 aromatic carbocycles. The summed E-state index contributed by atoms with van der Waals surface area (Å²) in [5.74, 6) is 1.14. The number of benzene rings is 1. The Labute approximate surface area is 152 Å². The van der Waals surface area contributed by atoms with E-state index >= 15 is 0 Å². The van der Waals surface area contributed by atoms with Crippen LogP contribution in [0.1, 0.15) is 17.4 Å². The Bertz CT molecular complexity index is 573. The lowest BCUT2D eigenvalue weighted by atomic mass is 10.1. The number of hydrogen-bond donors (Lipinski definition) is 3. The van der Waals surface area contributed by atoms with Crippen LogP contribution in [0, 0.1) is 0 Å². The predicted molar refractivity (Wildman–Crippen MR) is 104 cm³/mol. The Balaban J connectivity index is 0.00000242. The van der Waals surface area contributed by atoms with Gasteiger partial charge in [-0.05, 0) is 42.5 Å². The highest BCUT2D eigenvalue weighted by Gasteiger charge is 1.99. The Morgan fingerprint density at radius 2 is 2.09 bits per heavy atom. The number of nitrogens with one attached hydrogen (secondary N) is 2. The zero-order valence-corrected chi connectivity index (χ0v) is 15.7. The molecular formula is C16H22IN3OS. The highest BCUT2D eigenvalue weighted by molar-refractivity contribution is 14.0. The lowest BCUT2D eigenvalue weighted by Gasteiger charge is -2.11. The van der Waals surface area contributed by atoms with Gasteiger partial charge in [0.2, 0.25) is 0 Å². The minimum absolute atomic E-state index is 0. The molecule has 2 aromatic rings. The average molecular weight is 431 g/mol. The van der Waals surface area contributed by atoms with Gasteiger partial charge < -0.3 is 15.7 Å². The van der Waals surface area contributed by atoms with Gasteiger partial charge in [-0.2, -0.15) is 0 Å². The molecule has 0 unspecified atom stereocenters. The molecule has 0 amide bonds. The Kier molecular flexibility index (Phi) is 8.91. The molecule has 4 nitrogen and oxygen atoms in total. The summed E-state index contributed by atoms with van der Waals surface area (Å²) in [5, 5.41) is 18.1. The number of phenols is 1. The number of rotatable bonds is 6. The molecule has 0 saturated heterocycles. The second kappa shape index (κ2) is 10.4. The SMILES string of the molecule is CCNC(=NCc1cccs1)NCCc1cccc(O)c1.I. The van der Waals surface area contributed by atoms with Crippen LogP contribution in [0.4, 0.5) is 0 Å². The molecule has 0 radical (unpaired) electrons. The van der Waals surface area contributed by atoms with E-state index in [0.717, 1.165) is 31.0 Å². The van der Waals surface area contributed by atoms with Gasteiger partial charge in [0, 0.05) is 18.0 Å². The normalized spacial score (nSPS) is 10.9. The van der Waals surface area contributed by atoms with Crippen molar-refractivity contribution in [3.05, 3.63) is 52.2 Å². The quantitative estimate of drug-likeness (QED) is 0.374. The highest BCUT2D eigenvalue weighted by Crippen LogP contribution is 2.11. The topological polar surface area (TPSA) is 56.7 Å². The van der Waals surface area contributed by atoms with Crippen LogP contribution >= 0.6 is 35.3 Å². The fourth-order valence-electron chi connectivity index (χ4n) is 1.94. The maximum Gasteiger partial charge on any atom is 0.191 e. The summed E-state index contributed by atoms with van der Waals surface area (Å²) in [4.78, 5) is 5.81. The molecule has 120 valence electrons. The van der Waals surface area contributed by atoms with Crippen LogP contribution in [-0.2, 0) is 13.0 Å². The van der Waals surface area contributed by atoms with Crippen molar-refractivity contribution in [3.8, 4) is 5.75 Å². The third-order valence-corrected chi connectivity index (χ3v) is 3.80. The Hall–Kier alpha value is -1.28. The van der Waals surface area contributed by atoms with Crippen LogP contribution in [0.3, 0.4) is 0 Å². The molecule has 0 bridgehead atoms. The van der Waals surface area contributed by atoms with Gasteiger partial charge in [-0.1, -0.05) is 18.2 Å². The van der Waals surface area contributed by atoms with Crippen LogP contribution in [0.15, 0.2) is 46.8 Å². The number of aliphatic imine (C=N–C) groups is 1. The Morgan fingerprint density at radius 1 is 1.23 bits per heavy atom. The lowest BCUT2D eigenvalue weighted by Crippen LogP contribution is -2.38. The summed E-state index contributed by atoms with van der Waals surface area (Å²) in [5.41, 5.74) is 1.11. The molecule has 2 rings (SSSR count). The standard InChI is InChI=1S/C16H21N3OS.HI/c1-2-17-16(19-12-15-7-4-10-21-15)18-9-8-13-5-3-6-14(20)11-13;/h3-7,10-11,20H,2,8-9,12H2,1H3,(H2,17,18,19);1H. The van der Waals surface area contributed by atoms with Gasteiger partial charge in [0.1, 0.15) is 5.75 Å². The van der Waals surface area contributed by atoms with E-state index in [2.05, 4.69) is 34.0 Å². The number of thiophene rings is 1. The minimum Gasteiger partial charge on any atom is -0.508 e. The second-order valence-electron chi connectivity index (χ2n) is 4.62. The minimum atomic E-state index is 0. The van der Waals surface area contributed by atoms with Crippen LogP contribution in [0.25, 0.3) is 0 Å². The Morgan fingerprint density at radius 3 is 2.77 bits per heavy atom. The summed E-state index contributed by atoms with van der Waals surface area (Å²) in [6.07, 6.45) is 0.845. The first kappa shape index (κ1) is 18.8. The molecule has 3 N–H and O–H groups in total. The maximum atomic E-state index is 9.44. The predicted octanol–water partition coefficient (Wildman–Crippen LogP) is 3.37. The van der Waals surface area contributed by atoms with Crippen molar-refractivity contribution in [2.75, 3.05) is 13.1 Å². The first-order valence-electron chi connectivity index (χ1n) is 7.10. The highest BCUT2D eigenvalue weighted by atomic mass is 127. The molecule has 1 aromatic heterocycles. The van der Waals surface area contributed by atoms with Crippen LogP contribution in [0.2, 0.25) is 0 Å². The van der Waals surface area contributed by atoms with Crippen LogP contribution < -0.4 is 10.6 Å². The van der Waals surface area contributed by atoms with E-state index in [9.17, 15) is 5.11 Å². The van der Waals surface area contributed by atoms with Crippen molar-refractivity contribution in [1.82, 2.24) is 10.6 Å². The average Bonchev–Trinajstić information content (AvgIpc) is 2.98. The van der Waals surface area contributed by atoms with Crippen LogP contribution in [0.5, 0.6) is 5.75 Å². The van der Waals surface area contributed by atoms with E-state index in [-0.39, 0.29) is 24.0 Å². The summed E-state index contributed by atoms with van der Waals surface area (Å²) in [6, 6.07) is 11.5. The zero-order chi connectivity index (χ0) is 14.9. The van der Waals surface area contributed by atoms with E-state index in [0.29, 0.717) is 12.3 Å². The molecule has 22 heavy (non-hydrogen) atoms. The number of halogens is 1. The molecule has 0 aliphatic carbocycles. The van der Waals surface area contributed by atoms with Crippen molar-refractivity contribution in [2.45, 2.75) is 19.9 Å². The van der Waals surface area contributed by atoms with E-state index in [4.69, 9.17) is 0 Å². The lowest BCUT2D eigenvalue weighted by molar-refractivity contribution is 0.474. The number of hydrogen-bond acceptors (Lipinski definition) is 3. The fraction of sp³-hybridized carbons (Fsp3) is 0.312. The molecule has 0 aliphatic heterocycles. The van der Waals surface area contributed by atoms with E-state index in [1.165, 1.54) is 4.88 Å². The van der Waals surface area contributed by atoms with E-state index < -0.39 is 0 Å². The number of nitrogens with zero attached hydrogens (tertiary/aromatic N) is 1. The molecule has 1 heterocycles. The van der Waals surface area contributed by atoms with Gasteiger partial charge in [0.15, 0.2) is 5.96 Å². The van der Waals surface area contributed by atoms with Crippen molar-refractivity contribution in [3.63, 3.8) is 0 Å². The van der Waals surface area contributed by atoms with E-state index in [1.807, 2.05) is 18.2 Å². The number of guanidine groups is 1. The van der Waals surface area contributed by atoms with Gasteiger partial charge in [-0.15, -0.1) is 35.3 Å². The largest absolute Gasteiger partial charge is 0.508 e. The maximum absolute atomic E-state index is 9.44. The summed E-state index contributed by atoms with van der Waals surface area (Å²) < 4.78 is 0. The van der Waals surface area contributed by atoms with Gasteiger partial charge in [-0.25, -0.2) is 4.99 Å². The molecular weight excluding hydrogens is 409 g/mol. The first-order valence-corrected chi connectivity index (χ1v) is 7.98. The molecule has 6 heteroatoms. The molecule has 0 saturated carbocycles. The molecule has 0 aliphatic rings. The van der Waals surface area contributed by atoms with Crippen molar-refractivity contribution < 1.29 is 5.11 Å². The molecule has 0 atom stereocenters. The smallest absolute Gasteiger partial charge is 0.191 e. The van der Waals surface area contributed by atoms with E-state index in [1.54, 1.807) is 23.5 Å². The molecule has 0 fully saturated rings. The number of aromatic hydroxyl groups is 1. The van der Waals surface area contributed by atoms with Gasteiger partial charge in [0.25, 0.3) is 0 Å². The van der Waals surface area contributed by atoms with Gasteiger partial charge in [0.05, 0.1) is 6.54 Å². The van der Waals surface area contributed by atoms with Crippen molar-refractivity contribution in [1.29, 1.82) is 0 Å². The third kappa shape index (κ3) is 6.65. The second-order valence-corrected chi connectivity index (χ2v) is 5.65. The fourth-order valence-corrected chi connectivity index (χ4v) is 2.57. The monoisotopic (exact) mass is 431 g/mol. The summed E-state index contributed by atoms with van der Waals surface area (Å²) >= 11 is 1.71. The van der Waals surface area contributed by atoms with Crippen molar-refractivity contribution >= 4 is 41.3 Å². The van der Waals surface area contributed by atoms with Gasteiger partial charge >= 0.3 is 0 Å². The van der Waals surface area contributed by atoms with Crippen LogP contribution in [-0.4, -0.2) is 24.2 Å².